The first-order valence-electron chi connectivity index (χ1n) is 6.92. The normalized spacial score (nSPS) is 17.3. The second-order valence-corrected chi connectivity index (χ2v) is 4.94. The molecular weight excluding hydrogens is 284 g/mol. The molecule has 1 heterocycles. The van der Waals surface area contributed by atoms with Gasteiger partial charge in [-0.3, -0.25) is 9.59 Å². The van der Waals surface area contributed by atoms with Gasteiger partial charge in [0, 0.05) is 31.8 Å². The summed E-state index contributed by atoms with van der Waals surface area (Å²) in [7, 11) is 2.99. The van der Waals surface area contributed by atoms with Crippen LogP contribution in [0.4, 0.5) is 5.69 Å². The lowest BCUT2D eigenvalue weighted by Gasteiger charge is -2.30. The molecule has 0 aliphatic carbocycles. The number of hydrogen-bond donors (Lipinski definition) is 1. The highest BCUT2D eigenvalue weighted by molar-refractivity contribution is 6.02. The molecule has 0 saturated heterocycles. The minimum atomic E-state index is -0.508. The maximum Gasteiger partial charge on any atom is 0.330 e. The molecule has 1 N–H and O–H groups in total. The summed E-state index contributed by atoms with van der Waals surface area (Å²) in [6, 6.07) is 7.36. The minimum Gasteiger partial charge on any atom is -0.466 e. The zero-order valence-electron chi connectivity index (χ0n) is 12.5. The maximum atomic E-state index is 12.3. The van der Waals surface area contributed by atoms with Crippen LogP contribution < -0.4 is 10.2 Å². The number of para-hydroxylation sites is 1. The Labute approximate surface area is 128 Å². The molecule has 1 unspecified atom stereocenters. The van der Waals surface area contributed by atoms with Crippen LogP contribution in [0.3, 0.4) is 0 Å². The summed E-state index contributed by atoms with van der Waals surface area (Å²) < 4.78 is 4.46. The van der Waals surface area contributed by atoms with Gasteiger partial charge in [0.1, 0.15) is 0 Å². The van der Waals surface area contributed by atoms with Crippen molar-refractivity contribution in [2.24, 2.45) is 0 Å². The van der Waals surface area contributed by atoms with Crippen LogP contribution >= 0.6 is 0 Å². The lowest BCUT2D eigenvalue weighted by atomic mass is 9.89. The molecule has 2 amide bonds. The number of amides is 2. The molecule has 2 rings (SSSR count). The van der Waals surface area contributed by atoms with E-state index in [-0.39, 0.29) is 24.8 Å². The van der Waals surface area contributed by atoms with Gasteiger partial charge < -0.3 is 15.0 Å². The van der Waals surface area contributed by atoms with Crippen molar-refractivity contribution in [1.82, 2.24) is 5.32 Å². The number of nitrogens with one attached hydrogen (secondary N) is 1. The first kappa shape index (κ1) is 15.8. The average Bonchev–Trinajstić information content (AvgIpc) is 2.54. The lowest BCUT2D eigenvalue weighted by Crippen LogP contribution is -2.39. The van der Waals surface area contributed by atoms with Crippen molar-refractivity contribution in [3.8, 4) is 0 Å². The highest BCUT2D eigenvalue weighted by Gasteiger charge is 2.33. The fraction of sp³-hybridized carbons (Fsp3) is 0.312. The number of carbonyl (C=O) groups is 3. The second-order valence-electron chi connectivity index (χ2n) is 4.94. The molecule has 0 fully saturated rings. The van der Waals surface area contributed by atoms with Crippen molar-refractivity contribution in [3.63, 3.8) is 0 Å². The number of hydrogen-bond acceptors (Lipinski definition) is 4. The Balaban J connectivity index is 2.07. The van der Waals surface area contributed by atoms with E-state index in [0.29, 0.717) is 0 Å². The van der Waals surface area contributed by atoms with Crippen LogP contribution in [0.2, 0.25) is 0 Å². The van der Waals surface area contributed by atoms with Crippen molar-refractivity contribution in [1.29, 1.82) is 0 Å². The quantitative estimate of drug-likeness (QED) is 0.664. The van der Waals surface area contributed by atoms with Crippen LogP contribution in [-0.2, 0) is 19.1 Å². The van der Waals surface area contributed by atoms with E-state index in [2.05, 4.69) is 10.1 Å². The molecule has 0 bridgehead atoms. The number of carbonyl (C=O) groups excluding carboxylic acids is 3. The van der Waals surface area contributed by atoms with E-state index < -0.39 is 11.9 Å². The van der Waals surface area contributed by atoms with Gasteiger partial charge in [-0.05, 0) is 11.6 Å². The molecule has 1 aliphatic rings. The average molecular weight is 302 g/mol. The van der Waals surface area contributed by atoms with Crippen molar-refractivity contribution < 1.29 is 19.1 Å². The second kappa shape index (κ2) is 6.89. The van der Waals surface area contributed by atoms with Gasteiger partial charge in [-0.25, -0.2) is 4.79 Å². The largest absolute Gasteiger partial charge is 0.466 e. The predicted molar refractivity (Wildman–Crippen MR) is 81.4 cm³/mol. The van der Waals surface area contributed by atoms with Gasteiger partial charge in [0.25, 0.3) is 0 Å². The van der Waals surface area contributed by atoms with Crippen LogP contribution in [0.5, 0.6) is 0 Å². The Bertz CT molecular complexity index is 624. The zero-order chi connectivity index (χ0) is 16.1. The number of anilines is 1. The van der Waals surface area contributed by atoms with E-state index in [1.165, 1.54) is 19.3 Å². The molecule has 0 saturated carbocycles. The van der Waals surface area contributed by atoms with Crippen LogP contribution in [0, 0.1) is 0 Å². The Hall–Kier alpha value is -2.63. The number of methoxy groups -OCH3 is 1. The lowest BCUT2D eigenvalue weighted by molar-refractivity contribution is -0.134. The molecule has 22 heavy (non-hydrogen) atoms. The molecule has 0 radical (unpaired) electrons. The number of nitrogens with zero attached hydrogens (tertiary/aromatic N) is 1. The molecular formula is C16H18N2O4. The summed E-state index contributed by atoms with van der Waals surface area (Å²) in [4.78, 5) is 36.8. The van der Waals surface area contributed by atoms with Crippen molar-refractivity contribution in [3.05, 3.63) is 42.0 Å². The van der Waals surface area contributed by atoms with Crippen molar-refractivity contribution in [2.45, 2.75) is 12.3 Å². The monoisotopic (exact) mass is 302 g/mol. The number of fused-ring (bicyclic) bond motifs is 1. The van der Waals surface area contributed by atoms with Gasteiger partial charge >= 0.3 is 5.97 Å². The highest BCUT2D eigenvalue weighted by atomic mass is 16.5. The summed E-state index contributed by atoms with van der Waals surface area (Å²) in [6.45, 7) is 0.205. The Morgan fingerprint density at radius 1 is 1.41 bits per heavy atom. The van der Waals surface area contributed by atoms with E-state index in [1.807, 2.05) is 24.3 Å². The first-order valence-corrected chi connectivity index (χ1v) is 6.92. The van der Waals surface area contributed by atoms with Crippen LogP contribution in [0.15, 0.2) is 36.4 Å². The summed E-state index contributed by atoms with van der Waals surface area (Å²) in [5, 5.41) is 2.70. The third-order valence-corrected chi connectivity index (χ3v) is 3.59. The summed E-state index contributed by atoms with van der Waals surface area (Å²) >= 11 is 0. The minimum absolute atomic E-state index is 0.0936. The topological polar surface area (TPSA) is 75.7 Å². The molecule has 6 nitrogen and oxygen atoms in total. The third-order valence-electron chi connectivity index (χ3n) is 3.59. The van der Waals surface area contributed by atoms with Gasteiger partial charge in [0.15, 0.2) is 0 Å². The van der Waals surface area contributed by atoms with E-state index in [1.54, 1.807) is 11.9 Å². The van der Waals surface area contributed by atoms with Crippen LogP contribution in [-0.4, -0.2) is 38.5 Å². The van der Waals surface area contributed by atoms with Gasteiger partial charge in [-0.15, -0.1) is 0 Å². The summed E-state index contributed by atoms with van der Waals surface area (Å²) in [5.41, 5.74) is 1.59. The molecule has 116 valence electrons. The molecule has 1 atom stereocenters. The standard InChI is InChI=1S/C16H18N2O4/c1-18-13-7-4-3-6-11(13)12(10-14(18)19)16(21)17-9-5-8-15(20)22-2/h3-8,12H,9-10H2,1-2H3,(H,17,21)/b8-5+. The molecule has 1 aliphatic heterocycles. The summed E-state index contributed by atoms with van der Waals surface area (Å²) in [5.74, 6) is -1.31. The van der Waals surface area contributed by atoms with E-state index in [9.17, 15) is 14.4 Å². The van der Waals surface area contributed by atoms with Gasteiger partial charge in [-0.2, -0.15) is 0 Å². The number of rotatable bonds is 4. The van der Waals surface area contributed by atoms with E-state index >= 15 is 0 Å². The number of benzene rings is 1. The molecule has 1 aromatic carbocycles. The van der Waals surface area contributed by atoms with Crippen molar-refractivity contribution in [2.75, 3.05) is 25.6 Å². The third kappa shape index (κ3) is 3.33. The predicted octanol–water partition coefficient (Wildman–Crippen LogP) is 0.982. The van der Waals surface area contributed by atoms with Gasteiger partial charge in [0.2, 0.25) is 11.8 Å². The maximum absolute atomic E-state index is 12.3. The molecule has 0 aromatic heterocycles. The fourth-order valence-electron chi connectivity index (χ4n) is 2.38. The van der Waals surface area contributed by atoms with Gasteiger partial charge in [-0.1, -0.05) is 24.3 Å². The Morgan fingerprint density at radius 3 is 2.86 bits per heavy atom. The van der Waals surface area contributed by atoms with Crippen LogP contribution in [0.25, 0.3) is 0 Å². The molecule has 6 heteroatoms. The SMILES string of the molecule is COC(=O)/C=C/CNC(=O)C1CC(=O)N(C)c2ccccc21. The van der Waals surface area contributed by atoms with Crippen LogP contribution in [0.1, 0.15) is 17.9 Å². The Kier molecular flexibility index (Phi) is 4.93. The van der Waals surface area contributed by atoms with E-state index in [4.69, 9.17) is 0 Å². The summed E-state index contributed by atoms with van der Waals surface area (Å²) in [6.07, 6.45) is 2.89. The smallest absolute Gasteiger partial charge is 0.330 e. The molecule has 0 spiro atoms. The zero-order valence-corrected chi connectivity index (χ0v) is 12.5. The fourth-order valence-corrected chi connectivity index (χ4v) is 2.38. The number of esters is 1. The Morgan fingerprint density at radius 2 is 2.14 bits per heavy atom. The van der Waals surface area contributed by atoms with Crippen molar-refractivity contribution >= 4 is 23.5 Å². The van der Waals surface area contributed by atoms with Gasteiger partial charge in [0.05, 0.1) is 13.0 Å². The first-order chi connectivity index (χ1) is 10.5. The highest BCUT2D eigenvalue weighted by Crippen LogP contribution is 2.34. The van der Waals surface area contributed by atoms with E-state index in [0.717, 1.165) is 11.3 Å². The number of ether oxygens (including phenoxy) is 1. The molecule has 1 aromatic rings.